The Kier molecular flexibility index (Phi) is 9.22. The molecule has 1 heterocycles. The van der Waals surface area contributed by atoms with Gasteiger partial charge in [0.25, 0.3) is 0 Å². The first-order valence-electron chi connectivity index (χ1n) is 11.9. The number of fused-ring (bicyclic) bond motifs is 1. The molecule has 1 fully saturated rings. The molecule has 0 aromatic heterocycles. The molecule has 4 atom stereocenters. The van der Waals surface area contributed by atoms with Gasteiger partial charge in [0, 0.05) is 5.92 Å². The van der Waals surface area contributed by atoms with Gasteiger partial charge in [-0.2, -0.15) is 13.3 Å². The minimum atomic E-state index is -0.513. The Morgan fingerprint density at radius 3 is 2.79 bits per heavy atom. The van der Waals surface area contributed by atoms with Gasteiger partial charge in [0.2, 0.25) is 0 Å². The molecule has 2 nitrogen and oxygen atoms in total. The Labute approximate surface area is 180 Å². The first-order valence-corrected chi connectivity index (χ1v) is 11.9. The van der Waals surface area contributed by atoms with Crippen molar-refractivity contribution >= 4 is 0 Å². The van der Waals surface area contributed by atoms with Crippen molar-refractivity contribution in [3.05, 3.63) is 41.4 Å². The van der Waals surface area contributed by atoms with Gasteiger partial charge in [-0.15, -0.1) is 0 Å². The van der Waals surface area contributed by atoms with Gasteiger partial charge in [0.05, 0.1) is 17.3 Å². The molecule has 1 saturated heterocycles. The Hall–Kier alpha value is -0.860. The van der Waals surface area contributed by atoms with Gasteiger partial charge in [0.15, 0.2) is 0 Å². The topological polar surface area (TPSA) is 29.5 Å². The molecule has 0 saturated carbocycles. The van der Waals surface area contributed by atoms with Gasteiger partial charge < -0.3 is 16.3 Å². The molecule has 0 radical (unpaired) electrons. The zero-order valence-corrected chi connectivity index (χ0v) is 19.9. The Morgan fingerprint density at radius 2 is 2.07 bits per heavy atom. The summed E-state index contributed by atoms with van der Waals surface area (Å²) in [5, 5.41) is 10.5. The van der Waals surface area contributed by atoms with Crippen LogP contribution in [0, 0.1) is 12.3 Å². The summed E-state index contributed by atoms with van der Waals surface area (Å²) in [5.74, 6) is 0.495. The quantitative estimate of drug-likeness (QED) is 0.221. The van der Waals surface area contributed by atoms with E-state index in [9.17, 15) is 5.11 Å². The van der Waals surface area contributed by atoms with E-state index in [1.165, 1.54) is 23.1 Å². The first-order chi connectivity index (χ1) is 13.7. The van der Waals surface area contributed by atoms with Crippen LogP contribution in [0.1, 0.15) is 106 Å². The fourth-order valence-corrected chi connectivity index (χ4v) is 4.69. The number of aliphatic hydroxyl groups is 1. The maximum absolute atomic E-state index is 10.5. The van der Waals surface area contributed by atoms with Crippen molar-refractivity contribution in [2.75, 3.05) is 0 Å². The van der Waals surface area contributed by atoms with Gasteiger partial charge in [0.1, 0.15) is 0 Å². The molecule has 0 amide bonds. The van der Waals surface area contributed by atoms with Gasteiger partial charge in [-0.05, 0) is 84.6 Å². The van der Waals surface area contributed by atoms with Gasteiger partial charge >= 0.3 is 0 Å². The highest BCUT2D eigenvalue weighted by atomic mass is 16.5. The van der Waals surface area contributed by atoms with E-state index in [-0.39, 0.29) is 11.7 Å². The van der Waals surface area contributed by atoms with Crippen LogP contribution >= 0.6 is 0 Å². The number of hydrogen-bond donors (Lipinski definition) is 1. The molecular weight excluding hydrogens is 356 g/mol. The zero-order valence-electron chi connectivity index (χ0n) is 19.9. The van der Waals surface area contributed by atoms with E-state index in [2.05, 4.69) is 59.3 Å². The third-order valence-corrected chi connectivity index (χ3v) is 7.11. The summed E-state index contributed by atoms with van der Waals surface area (Å²) in [6.07, 6.45) is 20.0. The fourth-order valence-electron chi connectivity index (χ4n) is 4.69. The predicted molar refractivity (Wildman–Crippen MR) is 125 cm³/mol. The lowest BCUT2D eigenvalue weighted by Gasteiger charge is -2.44. The van der Waals surface area contributed by atoms with E-state index in [0.717, 1.165) is 57.8 Å². The maximum atomic E-state index is 10.5. The highest BCUT2D eigenvalue weighted by Gasteiger charge is 2.38. The van der Waals surface area contributed by atoms with E-state index in [1.807, 2.05) is 6.92 Å². The van der Waals surface area contributed by atoms with Crippen LogP contribution in [0.4, 0.5) is 0 Å². The van der Waals surface area contributed by atoms with Gasteiger partial charge in [-0.1, -0.05) is 42.7 Å². The Morgan fingerprint density at radius 1 is 1.34 bits per heavy atom. The highest BCUT2D eigenvalue weighted by molar-refractivity contribution is 5.30. The number of rotatable bonds is 11. The van der Waals surface area contributed by atoms with Crippen LogP contribution in [-0.4, -0.2) is 22.4 Å². The average Bonchev–Trinajstić information content (AvgIpc) is 2.65. The lowest BCUT2D eigenvalue weighted by atomic mass is 9.78. The molecule has 0 bridgehead atoms. The maximum Gasteiger partial charge on any atom is 0.0858 e. The van der Waals surface area contributed by atoms with Crippen molar-refractivity contribution in [1.29, 1.82) is 0 Å². The number of unbranched alkanes of at least 4 members (excludes halogenated alkanes) is 2. The zero-order chi connectivity index (χ0) is 21.5. The lowest BCUT2D eigenvalue weighted by Crippen LogP contribution is -2.43. The molecular formula is C27H45O2-. The third-order valence-electron chi connectivity index (χ3n) is 7.11. The summed E-state index contributed by atoms with van der Waals surface area (Å²) in [6, 6.07) is 0. The molecule has 1 N–H and O–H groups in total. The molecule has 0 aromatic carbocycles. The summed E-state index contributed by atoms with van der Waals surface area (Å²) in [4.78, 5) is 0. The lowest BCUT2D eigenvalue weighted by molar-refractivity contribution is -0.110. The predicted octanol–water partition coefficient (Wildman–Crippen LogP) is 7.49. The molecule has 2 rings (SSSR count). The third kappa shape index (κ3) is 7.72. The van der Waals surface area contributed by atoms with Crippen LogP contribution in [0.5, 0.6) is 0 Å². The second-order valence-corrected chi connectivity index (χ2v) is 10.2. The Balaban J connectivity index is 1.73. The second-order valence-electron chi connectivity index (χ2n) is 10.2. The summed E-state index contributed by atoms with van der Waals surface area (Å²) in [7, 11) is 0. The molecule has 2 heteroatoms. The number of allylic oxidation sites excluding steroid dienone is 4. The summed E-state index contributed by atoms with van der Waals surface area (Å²) < 4.78 is 6.64. The highest BCUT2D eigenvalue weighted by Crippen LogP contribution is 2.41. The van der Waals surface area contributed by atoms with Crippen LogP contribution in [0.3, 0.4) is 0 Å². The minimum Gasteiger partial charge on any atom is -0.390 e. The summed E-state index contributed by atoms with van der Waals surface area (Å²) in [5.41, 5.74) is 3.84. The van der Waals surface area contributed by atoms with Crippen molar-refractivity contribution < 1.29 is 9.84 Å². The van der Waals surface area contributed by atoms with Crippen molar-refractivity contribution in [2.24, 2.45) is 5.92 Å². The first kappa shape index (κ1) is 24.4. The fraction of sp³-hybridized carbons (Fsp3) is 0.741. The SMILES string of the molecule is C[CH-]CCCC(C)(O)CCC/C(C)=C/CCC1(C)CCC2=CC=C(C)C(C)C2O1. The van der Waals surface area contributed by atoms with Crippen LogP contribution in [-0.2, 0) is 4.74 Å². The minimum absolute atomic E-state index is 0.00929. The summed E-state index contributed by atoms with van der Waals surface area (Å²) in [6.45, 7) is 13.1. The molecule has 166 valence electrons. The van der Waals surface area contributed by atoms with Crippen LogP contribution in [0.2, 0.25) is 0 Å². The largest absolute Gasteiger partial charge is 0.390 e. The average molecular weight is 402 g/mol. The molecule has 0 spiro atoms. The Bertz CT molecular complexity index is 610. The molecule has 29 heavy (non-hydrogen) atoms. The van der Waals surface area contributed by atoms with Crippen molar-refractivity contribution in [2.45, 2.75) is 123 Å². The summed E-state index contributed by atoms with van der Waals surface area (Å²) >= 11 is 0. The van der Waals surface area contributed by atoms with Crippen molar-refractivity contribution in [3.8, 4) is 0 Å². The monoisotopic (exact) mass is 401 g/mol. The van der Waals surface area contributed by atoms with E-state index in [1.54, 1.807) is 0 Å². The number of ether oxygens (including phenoxy) is 1. The van der Waals surface area contributed by atoms with E-state index in [4.69, 9.17) is 4.74 Å². The second kappa shape index (κ2) is 11.0. The molecule has 2 aliphatic rings. The molecule has 1 aliphatic carbocycles. The molecule has 4 unspecified atom stereocenters. The van der Waals surface area contributed by atoms with E-state index < -0.39 is 5.60 Å². The van der Waals surface area contributed by atoms with Gasteiger partial charge in [-0.3, -0.25) is 0 Å². The molecule has 0 aromatic rings. The van der Waals surface area contributed by atoms with Gasteiger partial charge in [-0.25, -0.2) is 0 Å². The van der Waals surface area contributed by atoms with Crippen LogP contribution in [0.15, 0.2) is 34.9 Å². The standard InChI is InChI=1S/C27H45O2/c1-7-8-9-17-26(5,28)18-10-12-21(2)13-11-19-27(6)20-16-24-15-14-22(3)23(4)25(24)29-27/h7,13-15,23,25,28H,8-12,16-20H2,1-6H3/q-1/b21-13+. The number of hydrogen-bond acceptors (Lipinski definition) is 2. The normalized spacial score (nSPS) is 29.7. The smallest absolute Gasteiger partial charge is 0.0858 e. The van der Waals surface area contributed by atoms with Crippen molar-refractivity contribution in [3.63, 3.8) is 0 Å². The molecule has 1 aliphatic heterocycles. The van der Waals surface area contributed by atoms with Crippen LogP contribution in [0.25, 0.3) is 0 Å². The van der Waals surface area contributed by atoms with E-state index >= 15 is 0 Å². The van der Waals surface area contributed by atoms with Crippen LogP contribution < -0.4 is 0 Å². The van der Waals surface area contributed by atoms with Crippen molar-refractivity contribution in [1.82, 2.24) is 0 Å². The van der Waals surface area contributed by atoms with E-state index in [0.29, 0.717) is 5.92 Å².